The number of rotatable bonds is 5. The number of carbonyl (C=O) groups is 1. The predicted molar refractivity (Wildman–Crippen MR) is 94.3 cm³/mol. The van der Waals surface area contributed by atoms with E-state index in [0.29, 0.717) is 18.7 Å². The number of carbonyl (C=O) groups excluding carboxylic acids is 1. The zero-order valence-corrected chi connectivity index (χ0v) is 13.9. The van der Waals surface area contributed by atoms with Crippen LogP contribution in [-0.2, 0) is 11.2 Å². The molecule has 3 aromatic rings. The van der Waals surface area contributed by atoms with E-state index >= 15 is 0 Å². The lowest BCUT2D eigenvalue weighted by Crippen LogP contribution is -2.13. The van der Waals surface area contributed by atoms with Crippen molar-refractivity contribution < 1.29 is 9.53 Å². The summed E-state index contributed by atoms with van der Waals surface area (Å²) in [7, 11) is 0. The summed E-state index contributed by atoms with van der Waals surface area (Å²) in [6, 6.07) is 19.6. The van der Waals surface area contributed by atoms with E-state index in [0.717, 1.165) is 22.5 Å². The number of ether oxygens (including phenoxy) is 1. The van der Waals surface area contributed by atoms with Crippen LogP contribution in [0.5, 0.6) is 0 Å². The SMILES string of the molecule is CCOC(=O)c1c(CC)c(-c2ccccc2)nn1-c1ccccc1. The molecular formula is C20H20N2O2. The van der Waals surface area contributed by atoms with Crippen LogP contribution in [0.2, 0.25) is 0 Å². The lowest BCUT2D eigenvalue weighted by molar-refractivity contribution is 0.0514. The van der Waals surface area contributed by atoms with Crippen LogP contribution in [0.15, 0.2) is 60.7 Å². The van der Waals surface area contributed by atoms with Crippen LogP contribution in [0.1, 0.15) is 29.9 Å². The minimum Gasteiger partial charge on any atom is -0.461 e. The molecule has 0 atom stereocenters. The topological polar surface area (TPSA) is 44.1 Å². The smallest absolute Gasteiger partial charge is 0.357 e. The lowest BCUT2D eigenvalue weighted by atomic mass is 10.0. The molecule has 24 heavy (non-hydrogen) atoms. The van der Waals surface area contributed by atoms with E-state index in [1.165, 1.54) is 0 Å². The summed E-state index contributed by atoms with van der Waals surface area (Å²) >= 11 is 0. The molecule has 0 spiro atoms. The first-order valence-electron chi connectivity index (χ1n) is 8.16. The Morgan fingerprint density at radius 1 is 1.00 bits per heavy atom. The van der Waals surface area contributed by atoms with Crippen LogP contribution in [0, 0.1) is 0 Å². The molecule has 0 saturated carbocycles. The summed E-state index contributed by atoms with van der Waals surface area (Å²) in [4.78, 5) is 12.6. The molecule has 1 heterocycles. The molecule has 0 fully saturated rings. The third-order valence-electron chi connectivity index (χ3n) is 3.85. The Balaban J connectivity index is 2.24. The summed E-state index contributed by atoms with van der Waals surface area (Å²) in [5, 5.41) is 4.74. The molecule has 1 aromatic heterocycles. The van der Waals surface area contributed by atoms with Crippen LogP contribution in [-0.4, -0.2) is 22.4 Å². The zero-order valence-electron chi connectivity index (χ0n) is 13.9. The Labute approximate surface area is 141 Å². The highest BCUT2D eigenvalue weighted by Gasteiger charge is 2.25. The second-order valence-corrected chi connectivity index (χ2v) is 5.36. The minimum absolute atomic E-state index is 0.336. The fraction of sp³-hybridized carbons (Fsp3) is 0.200. The zero-order chi connectivity index (χ0) is 16.9. The van der Waals surface area contributed by atoms with E-state index in [9.17, 15) is 4.79 Å². The van der Waals surface area contributed by atoms with Crippen molar-refractivity contribution in [3.8, 4) is 16.9 Å². The first-order valence-corrected chi connectivity index (χ1v) is 8.16. The first-order chi connectivity index (χ1) is 11.8. The minimum atomic E-state index is -0.340. The fourth-order valence-corrected chi connectivity index (χ4v) is 2.78. The monoisotopic (exact) mass is 320 g/mol. The van der Waals surface area contributed by atoms with Gasteiger partial charge in [-0.1, -0.05) is 55.5 Å². The maximum Gasteiger partial charge on any atom is 0.357 e. The Hall–Kier alpha value is -2.88. The lowest BCUT2D eigenvalue weighted by Gasteiger charge is -2.08. The summed E-state index contributed by atoms with van der Waals surface area (Å²) in [5.41, 5.74) is 4.07. The van der Waals surface area contributed by atoms with E-state index in [-0.39, 0.29) is 5.97 Å². The Bertz CT molecular complexity index is 824. The molecule has 122 valence electrons. The van der Waals surface area contributed by atoms with Gasteiger partial charge in [-0.15, -0.1) is 0 Å². The van der Waals surface area contributed by atoms with Crippen LogP contribution in [0.25, 0.3) is 16.9 Å². The molecule has 0 saturated heterocycles. The molecule has 3 rings (SSSR count). The maximum atomic E-state index is 12.6. The molecule has 0 N–H and O–H groups in total. The van der Waals surface area contributed by atoms with E-state index in [2.05, 4.69) is 0 Å². The fourth-order valence-electron chi connectivity index (χ4n) is 2.78. The van der Waals surface area contributed by atoms with Crippen LogP contribution in [0.4, 0.5) is 0 Å². The van der Waals surface area contributed by atoms with Crippen LogP contribution >= 0.6 is 0 Å². The third kappa shape index (κ3) is 2.95. The van der Waals surface area contributed by atoms with Gasteiger partial charge in [0.2, 0.25) is 0 Å². The van der Waals surface area contributed by atoms with Gasteiger partial charge in [-0.05, 0) is 25.5 Å². The summed E-state index contributed by atoms with van der Waals surface area (Å²) in [6.45, 7) is 4.18. The number of hydrogen-bond donors (Lipinski definition) is 0. The van der Waals surface area contributed by atoms with E-state index < -0.39 is 0 Å². The van der Waals surface area contributed by atoms with Crippen molar-refractivity contribution in [3.05, 3.63) is 71.9 Å². The van der Waals surface area contributed by atoms with Gasteiger partial charge in [-0.2, -0.15) is 5.10 Å². The quantitative estimate of drug-likeness (QED) is 0.659. The summed E-state index contributed by atoms with van der Waals surface area (Å²) in [5.74, 6) is -0.340. The molecule has 0 aliphatic rings. The number of esters is 1. The van der Waals surface area contributed by atoms with Gasteiger partial charge < -0.3 is 4.74 Å². The van der Waals surface area contributed by atoms with Crippen molar-refractivity contribution in [3.63, 3.8) is 0 Å². The van der Waals surface area contributed by atoms with Crippen molar-refractivity contribution in [1.82, 2.24) is 9.78 Å². The first kappa shape index (κ1) is 16.0. The predicted octanol–water partition coefficient (Wildman–Crippen LogP) is 4.28. The highest BCUT2D eigenvalue weighted by Crippen LogP contribution is 2.28. The highest BCUT2D eigenvalue weighted by atomic mass is 16.5. The van der Waals surface area contributed by atoms with E-state index in [1.54, 1.807) is 4.68 Å². The average molecular weight is 320 g/mol. The van der Waals surface area contributed by atoms with Gasteiger partial charge in [0.05, 0.1) is 18.0 Å². The van der Waals surface area contributed by atoms with Crippen LogP contribution in [0.3, 0.4) is 0 Å². The van der Waals surface area contributed by atoms with Gasteiger partial charge >= 0.3 is 5.97 Å². The van der Waals surface area contributed by atoms with Gasteiger partial charge in [0.1, 0.15) is 0 Å². The molecule has 4 heteroatoms. The van der Waals surface area contributed by atoms with Gasteiger partial charge in [-0.3, -0.25) is 0 Å². The normalized spacial score (nSPS) is 10.6. The van der Waals surface area contributed by atoms with Crippen molar-refractivity contribution in [2.45, 2.75) is 20.3 Å². The van der Waals surface area contributed by atoms with Gasteiger partial charge in [0.15, 0.2) is 5.69 Å². The number of aromatic nitrogens is 2. The second-order valence-electron chi connectivity index (χ2n) is 5.36. The summed E-state index contributed by atoms with van der Waals surface area (Å²) in [6.07, 6.45) is 0.700. The number of nitrogens with zero attached hydrogens (tertiary/aromatic N) is 2. The number of para-hydroxylation sites is 1. The van der Waals surface area contributed by atoms with Crippen LogP contribution < -0.4 is 0 Å². The third-order valence-corrected chi connectivity index (χ3v) is 3.85. The van der Waals surface area contributed by atoms with Gasteiger partial charge in [-0.25, -0.2) is 9.48 Å². The largest absolute Gasteiger partial charge is 0.461 e. The second kappa shape index (κ2) is 7.13. The van der Waals surface area contributed by atoms with Gasteiger partial charge in [0.25, 0.3) is 0 Å². The maximum absolute atomic E-state index is 12.6. The molecule has 0 amide bonds. The molecule has 0 aliphatic heterocycles. The Kier molecular flexibility index (Phi) is 4.75. The Morgan fingerprint density at radius 2 is 1.62 bits per heavy atom. The molecule has 0 bridgehead atoms. The number of benzene rings is 2. The Morgan fingerprint density at radius 3 is 2.21 bits per heavy atom. The van der Waals surface area contributed by atoms with E-state index in [4.69, 9.17) is 9.84 Å². The van der Waals surface area contributed by atoms with Crippen molar-refractivity contribution in [2.24, 2.45) is 0 Å². The average Bonchev–Trinajstić information content (AvgIpc) is 3.03. The molecule has 0 radical (unpaired) electrons. The standard InChI is InChI=1S/C20H20N2O2/c1-3-17-18(15-11-7-5-8-12-15)21-22(16-13-9-6-10-14-16)19(17)20(23)24-4-2/h5-14H,3-4H2,1-2H3. The highest BCUT2D eigenvalue weighted by molar-refractivity contribution is 5.92. The van der Waals surface area contributed by atoms with Gasteiger partial charge in [0, 0.05) is 11.1 Å². The van der Waals surface area contributed by atoms with Crippen molar-refractivity contribution >= 4 is 5.97 Å². The molecule has 0 aliphatic carbocycles. The molecule has 0 unspecified atom stereocenters. The van der Waals surface area contributed by atoms with Crippen molar-refractivity contribution in [2.75, 3.05) is 6.61 Å². The number of hydrogen-bond acceptors (Lipinski definition) is 3. The molecule has 2 aromatic carbocycles. The van der Waals surface area contributed by atoms with Crippen molar-refractivity contribution in [1.29, 1.82) is 0 Å². The molecular weight excluding hydrogens is 300 g/mol. The van der Waals surface area contributed by atoms with E-state index in [1.807, 2.05) is 74.5 Å². The molecule has 4 nitrogen and oxygen atoms in total. The summed E-state index contributed by atoms with van der Waals surface area (Å²) < 4.78 is 6.98.